The average Bonchev–Trinajstić information content (AvgIpc) is 2.35. The summed E-state index contributed by atoms with van der Waals surface area (Å²) < 4.78 is 0.662. The van der Waals surface area contributed by atoms with E-state index in [2.05, 4.69) is 21.2 Å². The normalized spacial score (nSPS) is 12.8. The van der Waals surface area contributed by atoms with Crippen LogP contribution in [0.25, 0.3) is 0 Å². The average molecular weight is 358 g/mol. The summed E-state index contributed by atoms with van der Waals surface area (Å²) >= 11 is 3.22. The summed E-state index contributed by atoms with van der Waals surface area (Å²) in [5.74, 6) is -2.24. The number of carboxylic acids is 1. The van der Waals surface area contributed by atoms with E-state index < -0.39 is 17.8 Å². The molecule has 21 heavy (non-hydrogen) atoms. The second kappa shape index (κ2) is 6.93. The lowest BCUT2D eigenvalue weighted by Gasteiger charge is -2.23. The fraction of sp³-hybridized carbons (Fsp3) is 0.467. The van der Waals surface area contributed by atoms with Crippen molar-refractivity contribution >= 4 is 27.8 Å². The summed E-state index contributed by atoms with van der Waals surface area (Å²) in [5, 5.41) is 21.4. The van der Waals surface area contributed by atoms with Crippen LogP contribution < -0.4 is 5.32 Å². The van der Waals surface area contributed by atoms with Crippen LogP contribution in [0.2, 0.25) is 0 Å². The van der Waals surface area contributed by atoms with E-state index in [9.17, 15) is 19.8 Å². The van der Waals surface area contributed by atoms with Crippen molar-refractivity contribution in [3.05, 3.63) is 28.2 Å². The molecule has 0 radical (unpaired) electrons. The van der Waals surface area contributed by atoms with Crippen LogP contribution in [0.1, 0.15) is 37.6 Å². The summed E-state index contributed by atoms with van der Waals surface area (Å²) in [6.45, 7) is 5.87. The monoisotopic (exact) mass is 357 g/mol. The number of amides is 1. The van der Waals surface area contributed by atoms with Crippen molar-refractivity contribution in [1.29, 1.82) is 0 Å². The molecule has 0 saturated carbocycles. The van der Waals surface area contributed by atoms with Gasteiger partial charge in [0.05, 0.1) is 11.5 Å². The number of phenols is 1. The van der Waals surface area contributed by atoms with Crippen molar-refractivity contribution in [3.63, 3.8) is 0 Å². The van der Waals surface area contributed by atoms with Crippen LogP contribution >= 0.6 is 15.9 Å². The molecule has 0 fully saturated rings. The Hall–Kier alpha value is -1.56. The van der Waals surface area contributed by atoms with Crippen molar-refractivity contribution in [2.24, 2.45) is 11.3 Å². The Bertz CT molecular complexity index is 537. The number of hydrogen-bond acceptors (Lipinski definition) is 3. The maximum absolute atomic E-state index is 12.0. The minimum absolute atomic E-state index is 0.0252. The highest BCUT2D eigenvalue weighted by molar-refractivity contribution is 9.10. The number of halogens is 1. The molecule has 1 amide bonds. The standard InChI is InChI=1S/C15H20BrNO4/c1-15(2,3)7-9(14(20)21)8-17-13(19)11-6-10(16)4-5-12(11)18/h4-6,9,18H,7-8H2,1-3H3,(H,17,19)(H,20,21). The Kier molecular flexibility index (Phi) is 5.78. The number of carbonyl (C=O) groups is 2. The predicted octanol–water partition coefficient (Wildman–Crippen LogP) is 3.02. The van der Waals surface area contributed by atoms with Crippen LogP contribution in [-0.2, 0) is 4.79 Å². The van der Waals surface area contributed by atoms with Crippen LogP contribution in [0.5, 0.6) is 5.75 Å². The Morgan fingerprint density at radius 3 is 2.48 bits per heavy atom. The van der Waals surface area contributed by atoms with Gasteiger partial charge in [-0.15, -0.1) is 0 Å². The Morgan fingerprint density at radius 1 is 1.33 bits per heavy atom. The third-order valence-electron chi connectivity index (χ3n) is 2.92. The van der Waals surface area contributed by atoms with Gasteiger partial charge in [0.25, 0.3) is 5.91 Å². The molecule has 1 aromatic rings. The van der Waals surface area contributed by atoms with Gasteiger partial charge in [-0.2, -0.15) is 0 Å². The fourth-order valence-corrected chi connectivity index (χ4v) is 2.35. The molecule has 0 heterocycles. The van der Waals surface area contributed by atoms with Gasteiger partial charge in [-0.05, 0) is 30.0 Å². The number of phenolic OH excluding ortho intramolecular Hbond substituents is 1. The molecule has 6 heteroatoms. The first-order chi connectivity index (χ1) is 9.60. The quantitative estimate of drug-likeness (QED) is 0.755. The molecule has 0 bridgehead atoms. The molecule has 0 aliphatic heterocycles. The van der Waals surface area contributed by atoms with E-state index in [1.807, 2.05) is 20.8 Å². The number of aliphatic carboxylic acids is 1. The van der Waals surface area contributed by atoms with E-state index in [1.165, 1.54) is 12.1 Å². The SMILES string of the molecule is CC(C)(C)CC(CNC(=O)c1cc(Br)ccc1O)C(=O)O. The van der Waals surface area contributed by atoms with Crippen LogP contribution in [0.3, 0.4) is 0 Å². The van der Waals surface area contributed by atoms with Gasteiger partial charge < -0.3 is 15.5 Å². The number of hydrogen-bond donors (Lipinski definition) is 3. The van der Waals surface area contributed by atoms with Crippen molar-refractivity contribution in [3.8, 4) is 5.75 Å². The molecule has 3 N–H and O–H groups in total. The molecule has 0 spiro atoms. The van der Waals surface area contributed by atoms with E-state index >= 15 is 0 Å². The van der Waals surface area contributed by atoms with Gasteiger partial charge in [0.1, 0.15) is 5.75 Å². The second-order valence-electron chi connectivity index (χ2n) is 6.17. The third kappa shape index (κ3) is 5.75. The first-order valence-electron chi connectivity index (χ1n) is 6.59. The Labute approximate surface area is 132 Å². The van der Waals surface area contributed by atoms with Gasteiger partial charge in [0, 0.05) is 11.0 Å². The lowest BCUT2D eigenvalue weighted by atomic mass is 9.84. The van der Waals surface area contributed by atoms with Crippen molar-refractivity contribution in [2.75, 3.05) is 6.54 Å². The maximum atomic E-state index is 12.0. The van der Waals surface area contributed by atoms with E-state index in [-0.39, 0.29) is 23.3 Å². The molecule has 1 rings (SSSR count). The van der Waals surface area contributed by atoms with Crippen molar-refractivity contribution < 1.29 is 19.8 Å². The molecule has 1 atom stereocenters. The van der Waals surface area contributed by atoms with Crippen molar-refractivity contribution in [2.45, 2.75) is 27.2 Å². The summed E-state index contributed by atoms with van der Waals surface area (Å²) in [6.07, 6.45) is 0.451. The summed E-state index contributed by atoms with van der Waals surface area (Å²) in [6, 6.07) is 4.51. The highest BCUT2D eigenvalue weighted by Gasteiger charge is 2.25. The van der Waals surface area contributed by atoms with Gasteiger partial charge >= 0.3 is 5.97 Å². The molecule has 0 aliphatic carbocycles. The molecule has 1 aromatic carbocycles. The number of carbonyl (C=O) groups excluding carboxylic acids is 1. The smallest absolute Gasteiger partial charge is 0.308 e. The summed E-state index contributed by atoms with van der Waals surface area (Å²) in [5.41, 5.74) is -0.0321. The fourth-order valence-electron chi connectivity index (χ4n) is 1.99. The second-order valence-corrected chi connectivity index (χ2v) is 7.09. The molecular formula is C15H20BrNO4. The molecule has 0 aliphatic rings. The minimum atomic E-state index is -0.941. The van der Waals surface area contributed by atoms with Gasteiger partial charge in [0.15, 0.2) is 0 Å². The Balaban J connectivity index is 2.74. The first kappa shape index (κ1) is 17.5. The van der Waals surface area contributed by atoms with E-state index in [1.54, 1.807) is 6.07 Å². The van der Waals surface area contributed by atoms with Crippen molar-refractivity contribution in [1.82, 2.24) is 5.32 Å². The van der Waals surface area contributed by atoms with Crippen LogP contribution in [0.15, 0.2) is 22.7 Å². The highest BCUT2D eigenvalue weighted by atomic mass is 79.9. The number of aromatic hydroxyl groups is 1. The van der Waals surface area contributed by atoms with Gasteiger partial charge in [0.2, 0.25) is 0 Å². The molecule has 116 valence electrons. The van der Waals surface area contributed by atoms with Crippen LogP contribution in [0.4, 0.5) is 0 Å². The topological polar surface area (TPSA) is 86.6 Å². The van der Waals surface area contributed by atoms with E-state index in [4.69, 9.17) is 0 Å². The van der Waals surface area contributed by atoms with E-state index in [0.717, 1.165) is 0 Å². The van der Waals surface area contributed by atoms with Gasteiger partial charge in [-0.1, -0.05) is 36.7 Å². The molecular weight excluding hydrogens is 338 g/mol. The van der Waals surface area contributed by atoms with E-state index in [0.29, 0.717) is 10.9 Å². The number of nitrogens with one attached hydrogen (secondary N) is 1. The minimum Gasteiger partial charge on any atom is -0.507 e. The molecule has 1 unspecified atom stereocenters. The largest absolute Gasteiger partial charge is 0.507 e. The van der Waals surface area contributed by atoms with Crippen LogP contribution in [0, 0.1) is 11.3 Å². The number of rotatable bonds is 5. The van der Waals surface area contributed by atoms with Gasteiger partial charge in [-0.25, -0.2) is 0 Å². The summed E-state index contributed by atoms with van der Waals surface area (Å²) in [7, 11) is 0. The maximum Gasteiger partial charge on any atom is 0.308 e. The Morgan fingerprint density at radius 2 is 1.95 bits per heavy atom. The predicted molar refractivity (Wildman–Crippen MR) is 83.3 cm³/mol. The summed E-state index contributed by atoms with van der Waals surface area (Å²) in [4.78, 5) is 23.3. The lowest BCUT2D eigenvalue weighted by Crippen LogP contribution is -2.35. The van der Waals surface area contributed by atoms with Crippen LogP contribution in [-0.4, -0.2) is 28.6 Å². The first-order valence-corrected chi connectivity index (χ1v) is 7.39. The zero-order valence-corrected chi connectivity index (χ0v) is 13.9. The zero-order valence-electron chi connectivity index (χ0n) is 12.3. The number of carboxylic acid groups (broad SMARTS) is 1. The molecule has 0 aromatic heterocycles. The third-order valence-corrected chi connectivity index (χ3v) is 3.41. The molecule has 5 nitrogen and oxygen atoms in total. The number of benzene rings is 1. The van der Waals surface area contributed by atoms with Gasteiger partial charge in [-0.3, -0.25) is 9.59 Å². The lowest BCUT2D eigenvalue weighted by molar-refractivity contribution is -0.142. The zero-order chi connectivity index (χ0) is 16.2. The molecule has 0 saturated heterocycles. The highest BCUT2D eigenvalue weighted by Crippen LogP contribution is 2.25.